The van der Waals surface area contributed by atoms with E-state index in [-0.39, 0.29) is 15.2 Å². The Bertz CT molecular complexity index is 522. The molecule has 2 rings (SSSR count). The van der Waals surface area contributed by atoms with E-state index in [4.69, 9.17) is 26.5 Å². The number of carboxylic acids is 1. The van der Waals surface area contributed by atoms with Crippen molar-refractivity contribution in [2.24, 2.45) is 0 Å². The van der Waals surface area contributed by atoms with Gasteiger partial charge in [-0.15, -0.1) is 0 Å². The smallest absolute Gasteiger partial charge is 0.323 e. The number of thiocarbonyl (C=S) groups is 1. The van der Waals surface area contributed by atoms with E-state index < -0.39 is 18.4 Å². The molecule has 18 heavy (non-hydrogen) atoms. The Morgan fingerprint density at radius 3 is 3.06 bits per heavy atom. The molecule has 6 nitrogen and oxygen atoms in total. The molecule has 2 heterocycles. The normalized spacial score (nSPS) is 17.6. The van der Waals surface area contributed by atoms with Crippen LogP contribution >= 0.6 is 24.0 Å². The SMILES string of the molecule is O=C(O)CN1C(=O)C(=COc2ccco2)SC1=S. The van der Waals surface area contributed by atoms with E-state index in [0.29, 0.717) is 0 Å². The van der Waals surface area contributed by atoms with Gasteiger partial charge in [0.05, 0.1) is 6.26 Å². The number of hydrogen-bond donors (Lipinski definition) is 1. The molecule has 1 aliphatic heterocycles. The summed E-state index contributed by atoms with van der Waals surface area (Å²) >= 11 is 5.90. The highest BCUT2D eigenvalue weighted by atomic mass is 32.2. The number of aliphatic carboxylic acids is 1. The molecule has 1 aliphatic rings. The second kappa shape index (κ2) is 5.23. The minimum Gasteiger partial charge on any atom is -0.480 e. The molecule has 1 aromatic heterocycles. The number of carbonyl (C=O) groups excluding carboxylic acids is 1. The third-order valence-electron chi connectivity index (χ3n) is 1.94. The van der Waals surface area contributed by atoms with Gasteiger partial charge in [0.15, 0.2) is 0 Å². The quantitative estimate of drug-likeness (QED) is 0.509. The van der Waals surface area contributed by atoms with E-state index in [0.717, 1.165) is 16.7 Å². The first-order valence-electron chi connectivity index (χ1n) is 4.73. The molecule has 0 bridgehead atoms. The summed E-state index contributed by atoms with van der Waals surface area (Å²) in [5.74, 6) is -1.38. The lowest BCUT2D eigenvalue weighted by molar-refractivity contribution is -0.140. The molecule has 0 aliphatic carbocycles. The van der Waals surface area contributed by atoms with Gasteiger partial charge in [-0.2, -0.15) is 0 Å². The van der Waals surface area contributed by atoms with Crippen LogP contribution < -0.4 is 4.74 Å². The van der Waals surface area contributed by atoms with Crippen molar-refractivity contribution in [3.63, 3.8) is 0 Å². The first kappa shape index (κ1) is 12.7. The number of carbonyl (C=O) groups is 2. The second-order valence-corrected chi connectivity index (χ2v) is 4.86. The van der Waals surface area contributed by atoms with Crippen molar-refractivity contribution in [1.29, 1.82) is 0 Å². The van der Waals surface area contributed by atoms with Crippen molar-refractivity contribution >= 4 is 40.2 Å². The first-order chi connectivity index (χ1) is 8.58. The summed E-state index contributed by atoms with van der Waals surface area (Å²) < 4.78 is 10.2. The maximum atomic E-state index is 11.8. The predicted molar refractivity (Wildman–Crippen MR) is 67.0 cm³/mol. The molecule has 8 heteroatoms. The molecule has 1 amide bonds. The minimum absolute atomic E-state index is 0.191. The zero-order valence-corrected chi connectivity index (χ0v) is 10.5. The second-order valence-electron chi connectivity index (χ2n) is 3.19. The van der Waals surface area contributed by atoms with Crippen LogP contribution in [-0.2, 0) is 9.59 Å². The van der Waals surface area contributed by atoms with Gasteiger partial charge in [-0.25, -0.2) is 0 Å². The highest BCUT2D eigenvalue weighted by Crippen LogP contribution is 2.30. The van der Waals surface area contributed by atoms with E-state index in [2.05, 4.69) is 0 Å². The van der Waals surface area contributed by atoms with E-state index in [1.165, 1.54) is 12.5 Å². The summed E-state index contributed by atoms with van der Waals surface area (Å²) in [5, 5.41) is 8.65. The fourth-order valence-corrected chi connectivity index (χ4v) is 2.35. The van der Waals surface area contributed by atoms with Crippen LogP contribution in [0.25, 0.3) is 0 Å². The van der Waals surface area contributed by atoms with Crippen LogP contribution in [0.4, 0.5) is 0 Å². The first-order valence-corrected chi connectivity index (χ1v) is 5.96. The van der Waals surface area contributed by atoms with Crippen LogP contribution in [0, 0.1) is 0 Å². The number of hydrogen-bond acceptors (Lipinski definition) is 6. The molecule has 1 aromatic rings. The van der Waals surface area contributed by atoms with Gasteiger partial charge in [-0.1, -0.05) is 24.0 Å². The van der Waals surface area contributed by atoms with Crippen LogP contribution in [0.5, 0.6) is 5.95 Å². The van der Waals surface area contributed by atoms with Crippen LogP contribution in [0.2, 0.25) is 0 Å². The highest BCUT2D eigenvalue weighted by molar-refractivity contribution is 8.26. The number of ether oxygens (including phenoxy) is 1. The zero-order chi connectivity index (χ0) is 13.1. The van der Waals surface area contributed by atoms with Crippen molar-refractivity contribution in [3.8, 4) is 5.95 Å². The van der Waals surface area contributed by atoms with Gasteiger partial charge in [0.2, 0.25) is 0 Å². The van der Waals surface area contributed by atoms with Gasteiger partial charge in [0, 0.05) is 6.07 Å². The molecule has 94 valence electrons. The Kier molecular flexibility index (Phi) is 3.68. The average molecular weight is 285 g/mol. The van der Waals surface area contributed by atoms with Crippen molar-refractivity contribution in [1.82, 2.24) is 4.90 Å². The summed E-state index contributed by atoms with van der Waals surface area (Å²) in [4.78, 5) is 23.6. The molecular formula is C10H7NO5S2. The van der Waals surface area contributed by atoms with Gasteiger partial charge in [0.25, 0.3) is 11.9 Å². The lowest BCUT2D eigenvalue weighted by Crippen LogP contribution is -2.33. The molecule has 1 N–H and O–H groups in total. The van der Waals surface area contributed by atoms with Gasteiger partial charge in [-0.05, 0) is 6.07 Å². The largest absolute Gasteiger partial charge is 0.480 e. The maximum absolute atomic E-state index is 11.8. The monoisotopic (exact) mass is 285 g/mol. The number of furan rings is 1. The predicted octanol–water partition coefficient (Wildman–Crippen LogP) is 1.44. The molecule has 0 aromatic carbocycles. The Labute approximate surface area is 111 Å². The van der Waals surface area contributed by atoms with Gasteiger partial charge in [-0.3, -0.25) is 14.5 Å². The standard InChI is InChI=1S/C10H7NO5S2/c12-7(13)4-11-9(14)6(18-10(11)17)5-16-8-2-1-3-15-8/h1-3,5H,4H2,(H,12,13). The fraction of sp³-hybridized carbons (Fsp3) is 0.100. The van der Waals surface area contributed by atoms with Crippen molar-refractivity contribution in [2.45, 2.75) is 0 Å². The zero-order valence-electron chi connectivity index (χ0n) is 8.86. The van der Waals surface area contributed by atoms with Gasteiger partial charge in [0.1, 0.15) is 22.0 Å². The number of amides is 1. The lowest BCUT2D eigenvalue weighted by atomic mass is 10.5. The maximum Gasteiger partial charge on any atom is 0.323 e. The third-order valence-corrected chi connectivity index (χ3v) is 3.30. The van der Waals surface area contributed by atoms with Gasteiger partial charge >= 0.3 is 5.97 Å². The Morgan fingerprint density at radius 2 is 2.44 bits per heavy atom. The van der Waals surface area contributed by atoms with E-state index in [9.17, 15) is 9.59 Å². The Balaban J connectivity index is 2.07. The fourth-order valence-electron chi connectivity index (χ4n) is 1.20. The van der Waals surface area contributed by atoms with Crippen LogP contribution in [0.3, 0.4) is 0 Å². The average Bonchev–Trinajstić information content (AvgIpc) is 2.90. The number of carboxylic acid groups (broad SMARTS) is 1. The lowest BCUT2D eigenvalue weighted by Gasteiger charge is -2.09. The molecule has 1 saturated heterocycles. The van der Waals surface area contributed by atoms with Crippen LogP contribution in [0.1, 0.15) is 0 Å². The van der Waals surface area contributed by atoms with E-state index in [1.807, 2.05) is 0 Å². The number of rotatable bonds is 4. The summed E-state index contributed by atoms with van der Waals surface area (Å²) in [5.41, 5.74) is 0. The van der Waals surface area contributed by atoms with Gasteiger partial charge < -0.3 is 14.3 Å². The number of nitrogens with zero attached hydrogens (tertiary/aromatic N) is 1. The molecular weight excluding hydrogens is 278 g/mol. The summed E-state index contributed by atoms with van der Waals surface area (Å²) in [6.07, 6.45) is 2.62. The van der Waals surface area contributed by atoms with Crippen molar-refractivity contribution in [2.75, 3.05) is 6.54 Å². The molecule has 0 atom stereocenters. The van der Waals surface area contributed by atoms with Crippen molar-refractivity contribution < 1.29 is 23.8 Å². The van der Waals surface area contributed by atoms with Crippen LogP contribution in [-0.4, -0.2) is 32.7 Å². The Morgan fingerprint density at radius 1 is 1.67 bits per heavy atom. The minimum atomic E-state index is -1.13. The van der Waals surface area contributed by atoms with E-state index in [1.54, 1.807) is 12.1 Å². The summed E-state index contributed by atoms with van der Waals surface area (Å²) in [7, 11) is 0. The van der Waals surface area contributed by atoms with Crippen LogP contribution in [0.15, 0.2) is 34.0 Å². The Hall–Kier alpha value is -1.80. The molecule has 0 unspecified atom stereocenters. The summed E-state index contributed by atoms with van der Waals surface area (Å²) in [6.45, 7) is -0.456. The highest BCUT2D eigenvalue weighted by Gasteiger charge is 2.33. The summed E-state index contributed by atoms with van der Waals surface area (Å²) in [6, 6.07) is 3.22. The molecule has 0 saturated carbocycles. The topological polar surface area (TPSA) is 80.0 Å². The van der Waals surface area contributed by atoms with E-state index >= 15 is 0 Å². The third kappa shape index (κ3) is 2.71. The molecule has 0 spiro atoms. The van der Waals surface area contributed by atoms with Crippen molar-refractivity contribution in [3.05, 3.63) is 29.6 Å². The molecule has 1 fully saturated rings. The number of thioether (sulfide) groups is 1. The molecule has 0 radical (unpaired) electrons.